The molecule has 2 aliphatic heterocycles. The van der Waals surface area contributed by atoms with Gasteiger partial charge in [-0.15, -0.1) is 0 Å². The molecule has 5 heteroatoms. The molecule has 0 radical (unpaired) electrons. The quantitative estimate of drug-likeness (QED) is 0.640. The van der Waals surface area contributed by atoms with Gasteiger partial charge in [-0.25, -0.2) is 4.99 Å². The van der Waals surface area contributed by atoms with Crippen LogP contribution in [0.3, 0.4) is 0 Å². The number of piperidine rings is 2. The van der Waals surface area contributed by atoms with E-state index in [1.165, 1.54) is 12.8 Å². The molecule has 0 aromatic heterocycles. The molecule has 22 heavy (non-hydrogen) atoms. The van der Waals surface area contributed by atoms with E-state index in [-0.39, 0.29) is 12.5 Å². The molecule has 0 saturated carbocycles. The highest BCUT2D eigenvalue weighted by molar-refractivity contribution is 5.85. The second-order valence-electron chi connectivity index (χ2n) is 6.96. The molecule has 1 N–H and O–H groups in total. The van der Waals surface area contributed by atoms with Crippen LogP contribution in [0.4, 0.5) is 0 Å². The molecule has 5 nitrogen and oxygen atoms in total. The Morgan fingerprint density at radius 1 is 1.09 bits per heavy atom. The van der Waals surface area contributed by atoms with Crippen molar-refractivity contribution in [2.45, 2.75) is 46.5 Å². The number of rotatable bonds is 3. The first kappa shape index (κ1) is 17.1. The maximum Gasteiger partial charge on any atom is 0.244 e. The summed E-state index contributed by atoms with van der Waals surface area (Å²) >= 11 is 0. The Morgan fingerprint density at radius 2 is 1.73 bits per heavy atom. The fourth-order valence-corrected chi connectivity index (χ4v) is 3.65. The van der Waals surface area contributed by atoms with Gasteiger partial charge in [-0.1, -0.05) is 13.8 Å². The molecular weight excluding hydrogens is 276 g/mol. The van der Waals surface area contributed by atoms with Crippen molar-refractivity contribution in [2.75, 3.05) is 39.3 Å². The largest absolute Gasteiger partial charge is 0.357 e. The van der Waals surface area contributed by atoms with Gasteiger partial charge in [0, 0.05) is 32.7 Å². The van der Waals surface area contributed by atoms with E-state index in [2.05, 4.69) is 36.0 Å². The van der Waals surface area contributed by atoms with Crippen molar-refractivity contribution in [3.8, 4) is 0 Å². The van der Waals surface area contributed by atoms with Crippen molar-refractivity contribution in [2.24, 2.45) is 16.8 Å². The third-order valence-electron chi connectivity index (χ3n) is 4.58. The number of guanidine groups is 1. The monoisotopic (exact) mass is 308 g/mol. The van der Waals surface area contributed by atoms with E-state index in [1.54, 1.807) is 0 Å². The van der Waals surface area contributed by atoms with Crippen molar-refractivity contribution in [1.29, 1.82) is 0 Å². The van der Waals surface area contributed by atoms with Gasteiger partial charge in [-0.3, -0.25) is 4.79 Å². The summed E-state index contributed by atoms with van der Waals surface area (Å²) in [5, 5.41) is 3.36. The van der Waals surface area contributed by atoms with Crippen LogP contribution in [0.25, 0.3) is 0 Å². The van der Waals surface area contributed by atoms with Gasteiger partial charge < -0.3 is 15.1 Å². The summed E-state index contributed by atoms with van der Waals surface area (Å²) in [5.41, 5.74) is 0. The minimum absolute atomic E-state index is 0.174. The first-order valence-electron chi connectivity index (χ1n) is 8.91. The molecular formula is C17H32N4O. The smallest absolute Gasteiger partial charge is 0.244 e. The van der Waals surface area contributed by atoms with Crippen LogP contribution >= 0.6 is 0 Å². The zero-order valence-electron chi connectivity index (χ0n) is 14.5. The fourth-order valence-electron chi connectivity index (χ4n) is 3.65. The lowest BCUT2D eigenvalue weighted by Crippen LogP contribution is -2.49. The van der Waals surface area contributed by atoms with Crippen LogP contribution in [0.15, 0.2) is 4.99 Å². The van der Waals surface area contributed by atoms with E-state index < -0.39 is 0 Å². The first-order valence-corrected chi connectivity index (χ1v) is 8.91. The summed E-state index contributed by atoms with van der Waals surface area (Å²) in [5.74, 6) is 2.45. The molecule has 0 aromatic rings. The summed E-state index contributed by atoms with van der Waals surface area (Å²) in [4.78, 5) is 21.2. The molecule has 0 aliphatic carbocycles. The van der Waals surface area contributed by atoms with Crippen molar-refractivity contribution >= 4 is 11.9 Å². The number of nitrogens with one attached hydrogen (secondary N) is 1. The van der Waals surface area contributed by atoms with Crippen LogP contribution < -0.4 is 5.32 Å². The lowest BCUT2D eigenvalue weighted by atomic mass is 9.92. The summed E-state index contributed by atoms with van der Waals surface area (Å²) in [6.45, 7) is 11.7. The van der Waals surface area contributed by atoms with Gasteiger partial charge in [-0.2, -0.15) is 0 Å². The highest BCUT2D eigenvalue weighted by atomic mass is 16.2. The number of hydrogen-bond donors (Lipinski definition) is 1. The van der Waals surface area contributed by atoms with E-state index in [4.69, 9.17) is 0 Å². The molecule has 2 atom stereocenters. The standard InChI is InChI=1S/C17H32N4O/c1-4-18-17(21-12-14(2)10-15(3)13-21)19-11-16(22)20-8-6-5-7-9-20/h14-15H,4-13H2,1-3H3,(H,18,19). The molecule has 1 amide bonds. The van der Waals surface area contributed by atoms with Crippen LogP contribution in [-0.4, -0.2) is 60.9 Å². The van der Waals surface area contributed by atoms with Crippen molar-refractivity contribution < 1.29 is 4.79 Å². The predicted octanol–water partition coefficient (Wildman–Crippen LogP) is 1.94. The maximum absolute atomic E-state index is 12.3. The summed E-state index contributed by atoms with van der Waals surface area (Å²) in [6.07, 6.45) is 4.80. The van der Waals surface area contributed by atoms with Gasteiger partial charge in [0.05, 0.1) is 0 Å². The zero-order chi connectivity index (χ0) is 15.9. The SMILES string of the molecule is CCNC(=NCC(=O)N1CCCCC1)N1CC(C)CC(C)C1. The van der Waals surface area contributed by atoms with E-state index in [1.807, 2.05) is 4.90 Å². The Balaban J connectivity index is 1.95. The number of carbonyl (C=O) groups is 1. The minimum Gasteiger partial charge on any atom is -0.357 e. The molecule has 126 valence electrons. The molecule has 2 fully saturated rings. The highest BCUT2D eigenvalue weighted by Crippen LogP contribution is 2.20. The molecule has 2 aliphatic rings. The van der Waals surface area contributed by atoms with E-state index >= 15 is 0 Å². The lowest BCUT2D eigenvalue weighted by molar-refractivity contribution is -0.130. The van der Waals surface area contributed by atoms with E-state index in [9.17, 15) is 4.79 Å². The second kappa shape index (κ2) is 8.39. The normalized spacial score (nSPS) is 27.0. The molecule has 0 bridgehead atoms. The van der Waals surface area contributed by atoms with Gasteiger partial charge >= 0.3 is 0 Å². The molecule has 2 rings (SSSR count). The van der Waals surface area contributed by atoms with Crippen molar-refractivity contribution in [3.05, 3.63) is 0 Å². The first-order chi connectivity index (χ1) is 10.6. The number of likely N-dealkylation sites (tertiary alicyclic amines) is 2. The Morgan fingerprint density at radius 3 is 2.32 bits per heavy atom. The second-order valence-corrected chi connectivity index (χ2v) is 6.96. The maximum atomic E-state index is 12.3. The van der Waals surface area contributed by atoms with Gasteiger partial charge in [0.25, 0.3) is 0 Å². The molecule has 0 spiro atoms. The average molecular weight is 308 g/mol. The van der Waals surface area contributed by atoms with Crippen LogP contribution in [-0.2, 0) is 4.79 Å². The van der Waals surface area contributed by atoms with Gasteiger partial charge in [0.2, 0.25) is 5.91 Å². The summed E-state index contributed by atoms with van der Waals surface area (Å²) in [6, 6.07) is 0. The molecule has 0 aromatic carbocycles. The summed E-state index contributed by atoms with van der Waals surface area (Å²) < 4.78 is 0. The van der Waals surface area contributed by atoms with Crippen molar-refractivity contribution in [1.82, 2.24) is 15.1 Å². The van der Waals surface area contributed by atoms with Gasteiger partial charge in [-0.05, 0) is 44.4 Å². The lowest BCUT2D eigenvalue weighted by Gasteiger charge is -2.37. The number of nitrogens with zero attached hydrogens (tertiary/aromatic N) is 3. The zero-order valence-corrected chi connectivity index (χ0v) is 14.5. The Kier molecular flexibility index (Phi) is 6.52. The van der Waals surface area contributed by atoms with Gasteiger partial charge in [0.15, 0.2) is 5.96 Å². The number of amides is 1. The van der Waals surface area contributed by atoms with Crippen LogP contribution in [0.2, 0.25) is 0 Å². The van der Waals surface area contributed by atoms with Gasteiger partial charge in [0.1, 0.15) is 6.54 Å². The highest BCUT2D eigenvalue weighted by Gasteiger charge is 2.24. The fraction of sp³-hybridized carbons (Fsp3) is 0.882. The molecule has 2 heterocycles. The Bertz CT molecular complexity index is 380. The number of aliphatic imine (C=N–C) groups is 1. The minimum atomic E-state index is 0.174. The van der Waals surface area contributed by atoms with Crippen molar-refractivity contribution in [3.63, 3.8) is 0 Å². The van der Waals surface area contributed by atoms with E-state index in [0.717, 1.165) is 51.5 Å². The topological polar surface area (TPSA) is 47.9 Å². The van der Waals surface area contributed by atoms with Crippen LogP contribution in [0.5, 0.6) is 0 Å². The average Bonchev–Trinajstić information content (AvgIpc) is 2.51. The third-order valence-corrected chi connectivity index (χ3v) is 4.58. The molecule has 2 unspecified atom stereocenters. The predicted molar refractivity (Wildman–Crippen MR) is 90.9 cm³/mol. The molecule has 2 saturated heterocycles. The third kappa shape index (κ3) is 4.89. The van der Waals surface area contributed by atoms with Crippen LogP contribution in [0.1, 0.15) is 46.5 Å². The number of carbonyl (C=O) groups excluding carboxylic acids is 1. The van der Waals surface area contributed by atoms with E-state index in [0.29, 0.717) is 11.8 Å². The number of hydrogen-bond acceptors (Lipinski definition) is 2. The van der Waals surface area contributed by atoms with Crippen LogP contribution in [0, 0.1) is 11.8 Å². The Hall–Kier alpha value is -1.26. The Labute approximate surface area is 135 Å². The summed E-state index contributed by atoms with van der Waals surface area (Å²) in [7, 11) is 0.